The lowest BCUT2D eigenvalue weighted by Crippen LogP contribution is -2.39. The molecule has 0 heterocycles. The van der Waals surface area contributed by atoms with Crippen LogP contribution in [0.3, 0.4) is 0 Å². The third kappa shape index (κ3) is 4.30. The molecule has 0 aromatic heterocycles. The molecular weight excluding hydrogens is 210 g/mol. The standard InChI is InChI=1S/C14H29N3/c1-5-10-16-13(17-15)11-6-8-12(9-7-11)14(2,3)4/h11-12H,5-10,15H2,1-4H3,(H,16,17). The maximum absolute atomic E-state index is 5.58. The molecule has 3 heteroatoms. The first-order valence-electron chi connectivity index (χ1n) is 7.00. The Morgan fingerprint density at radius 3 is 2.24 bits per heavy atom. The summed E-state index contributed by atoms with van der Waals surface area (Å²) in [7, 11) is 0. The van der Waals surface area contributed by atoms with E-state index in [0.717, 1.165) is 24.7 Å². The van der Waals surface area contributed by atoms with Gasteiger partial charge in [-0.1, -0.05) is 27.7 Å². The quantitative estimate of drug-likeness (QED) is 0.344. The molecule has 0 bridgehead atoms. The first kappa shape index (κ1) is 14.5. The van der Waals surface area contributed by atoms with Crippen LogP contribution in [0.4, 0.5) is 0 Å². The fraction of sp³-hybridized carbons (Fsp3) is 0.929. The number of nitrogens with two attached hydrogens (primary N) is 1. The van der Waals surface area contributed by atoms with Gasteiger partial charge in [0.25, 0.3) is 0 Å². The van der Waals surface area contributed by atoms with Gasteiger partial charge in [-0.2, -0.15) is 0 Å². The van der Waals surface area contributed by atoms with Crippen molar-refractivity contribution in [1.29, 1.82) is 0 Å². The fourth-order valence-electron chi connectivity index (χ4n) is 2.76. The molecule has 0 unspecified atom stereocenters. The van der Waals surface area contributed by atoms with Crippen LogP contribution in [0.1, 0.15) is 59.8 Å². The van der Waals surface area contributed by atoms with E-state index in [4.69, 9.17) is 5.84 Å². The van der Waals surface area contributed by atoms with Gasteiger partial charge in [-0.15, -0.1) is 0 Å². The van der Waals surface area contributed by atoms with Crippen molar-refractivity contribution in [3.8, 4) is 0 Å². The van der Waals surface area contributed by atoms with Crippen molar-refractivity contribution in [3.05, 3.63) is 0 Å². The number of hydrogen-bond donors (Lipinski definition) is 2. The summed E-state index contributed by atoms with van der Waals surface area (Å²) >= 11 is 0. The normalized spacial score (nSPS) is 27.0. The predicted molar refractivity (Wildman–Crippen MR) is 74.8 cm³/mol. The summed E-state index contributed by atoms with van der Waals surface area (Å²) in [5.74, 6) is 8.02. The van der Waals surface area contributed by atoms with E-state index in [1.54, 1.807) is 0 Å². The fourth-order valence-corrected chi connectivity index (χ4v) is 2.76. The first-order valence-corrected chi connectivity index (χ1v) is 7.00. The number of amidine groups is 1. The molecule has 1 aliphatic carbocycles. The van der Waals surface area contributed by atoms with E-state index in [1.807, 2.05) is 0 Å². The van der Waals surface area contributed by atoms with Crippen molar-refractivity contribution in [1.82, 2.24) is 5.43 Å². The van der Waals surface area contributed by atoms with Crippen LogP contribution < -0.4 is 11.3 Å². The van der Waals surface area contributed by atoms with E-state index in [9.17, 15) is 0 Å². The van der Waals surface area contributed by atoms with Gasteiger partial charge in [0.15, 0.2) is 0 Å². The lowest BCUT2D eigenvalue weighted by molar-refractivity contribution is 0.166. The summed E-state index contributed by atoms with van der Waals surface area (Å²) in [6, 6.07) is 0. The molecule has 0 aliphatic heterocycles. The SMILES string of the molecule is CCCN=C(NN)C1CCC(C(C)(C)C)CC1. The van der Waals surface area contributed by atoms with Gasteiger partial charge in [-0.05, 0) is 43.4 Å². The van der Waals surface area contributed by atoms with Crippen molar-refractivity contribution in [3.63, 3.8) is 0 Å². The molecule has 3 N–H and O–H groups in total. The molecule has 0 aromatic rings. The Balaban J connectivity index is 2.50. The Kier molecular flexibility index (Phi) is 5.44. The number of nitrogens with one attached hydrogen (secondary N) is 1. The van der Waals surface area contributed by atoms with Crippen LogP contribution >= 0.6 is 0 Å². The first-order chi connectivity index (χ1) is 7.99. The van der Waals surface area contributed by atoms with E-state index in [0.29, 0.717) is 11.3 Å². The zero-order valence-electron chi connectivity index (χ0n) is 11.9. The molecule has 1 fully saturated rings. The van der Waals surface area contributed by atoms with Crippen LogP contribution in [0.2, 0.25) is 0 Å². The van der Waals surface area contributed by atoms with Crippen LogP contribution in [0, 0.1) is 17.3 Å². The molecule has 0 saturated heterocycles. The molecule has 1 rings (SSSR count). The number of rotatable bonds is 3. The zero-order chi connectivity index (χ0) is 12.9. The smallest absolute Gasteiger partial charge is 0.113 e. The lowest BCUT2D eigenvalue weighted by atomic mass is 9.69. The minimum absolute atomic E-state index is 0.446. The van der Waals surface area contributed by atoms with E-state index in [-0.39, 0.29) is 0 Å². The van der Waals surface area contributed by atoms with Gasteiger partial charge in [-0.25, -0.2) is 5.84 Å². The van der Waals surface area contributed by atoms with Crippen molar-refractivity contribution in [2.24, 2.45) is 28.1 Å². The van der Waals surface area contributed by atoms with Gasteiger partial charge in [0.1, 0.15) is 5.84 Å². The summed E-state index contributed by atoms with van der Waals surface area (Å²) in [4.78, 5) is 4.55. The molecule has 3 nitrogen and oxygen atoms in total. The molecule has 0 amide bonds. The second-order valence-electron chi connectivity index (χ2n) is 6.33. The average molecular weight is 239 g/mol. The van der Waals surface area contributed by atoms with Crippen molar-refractivity contribution in [2.75, 3.05) is 6.54 Å². The molecular formula is C14H29N3. The van der Waals surface area contributed by atoms with E-state index in [2.05, 4.69) is 38.1 Å². The lowest BCUT2D eigenvalue weighted by Gasteiger charge is -2.37. The molecule has 0 atom stereocenters. The molecule has 17 heavy (non-hydrogen) atoms. The topological polar surface area (TPSA) is 50.4 Å². The Hall–Kier alpha value is -0.570. The van der Waals surface area contributed by atoms with E-state index < -0.39 is 0 Å². The maximum Gasteiger partial charge on any atom is 0.113 e. The molecule has 0 spiro atoms. The van der Waals surface area contributed by atoms with Crippen molar-refractivity contribution < 1.29 is 0 Å². The summed E-state index contributed by atoms with van der Waals surface area (Å²) in [5, 5.41) is 0. The second kappa shape index (κ2) is 6.39. The average Bonchev–Trinajstić information content (AvgIpc) is 2.29. The summed E-state index contributed by atoms with van der Waals surface area (Å²) in [5.41, 5.74) is 3.26. The highest BCUT2D eigenvalue weighted by Crippen LogP contribution is 2.39. The molecule has 1 aliphatic rings. The van der Waals surface area contributed by atoms with Crippen molar-refractivity contribution in [2.45, 2.75) is 59.8 Å². The van der Waals surface area contributed by atoms with Crippen LogP contribution in [-0.4, -0.2) is 12.4 Å². The Morgan fingerprint density at radius 2 is 1.82 bits per heavy atom. The number of aliphatic imine (C=N–C) groups is 1. The maximum atomic E-state index is 5.58. The Morgan fingerprint density at radius 1 is 1.24 bits per heavy atom. The number of hydrazine groups is 1. The summed E-state index contributed by atoms with van der Waals surface area (Å²) in [6.45, 7) is 10.1. The molecule has 0 aromatic carbocycles. The Labute approximate surface area is 106 Å². The van der Waals surface area contributed by atoms with Gasteiger partial charge < -0.3 is 5.43 Å². The predicted octanol–water partition coefficient (Wildman–Crippen LogP) is 3.11. The summed E-state index contributed by atoms with van der Waals surface area (Å²) in [6.07, 6.45) is 6.16. The van der Waals surface area contributed by atoms with Gasteiger partial charge in [0.2, 0.25) is 0 Å². The largest absolute Gasteiger partial charge is 0.312 e. The number of nitrogens with zero attached hydrogens (tertiary/aromatic N) is 1. The second-order valence-corrected chi connectivity index (χ2v) is 6.33. The van der Waals surface area contributed by atoms with Gasteiger partial charge in [0.05, 0.1) is 0 Å². The minimum atomic E-state index is 0.446. The zero-order valence-corrected chi connectivity index (χ0v) is 11.9. The molecule has 1 saturated carbocycles. The minimum Gasteiger partial charge on any atom is -0.312 e. The van der Waals surface area contributed by atoms with Gasteiger partial charge >= 0.3 is 0 Å². The van der Waals surface area contributed by atoms with Crippen molar-refractivity contribution >= 4 is 5.84 Å². The van der Waals surface area contributed by atoms with Gasteiger partial charge in [0, 0.05) is 12.5 Å². The highest BCUT2D eigenvalue weighted by molar-refractivity contribution is 5.84. The van der Waals surface area contributed by atoms with E-state index >= 15 is 0 Å². The Bertz CT molecular complexity index is 245. The molecule has 0 radical (unpaired) electrons. The van der Waals surface area contributed by atoms with E-state index in [1.165, 1.54) is 25.7 Å². The third-order valence-corrected chi connectivity index (χ3v) is 3.99. The van der Waals surface area contributed by atoms with Crippen LogP contribution in [-0.2, 0) is 0 Å². The summed E-state index contributed by atoms with van der Waals surface area (Å²) < 4.78 is 0. The molecule has 100 valence electrons. The van der Waals surface area contributed by atoms with Crippen LogP contribution in [0.5, 0.6) is 0 Å². The van der Waals surface area contributed by atoms with Crippen LogP contribution in [0.25, 0.3) is 0 Å². The van der Waals surface area contributed by atoms with Gasteiger partial charge in [-0.3, -0.25) is 4.99 Å². The van der Waals surface area contributed by atoms with Crippen LogP contribution in [0.15, 0.2) is 4.99 Å². The third-order valence-electron chi connectivity index (χ3n) is 3.99. The monoisotopic (exact) mass is 239 g/mol. The highest BCUT2D eigenvalue weighted by Gasteiger charge is 2.31. The number of hydrogen-bond acceptors (Lipinski definition) is 2. The highest BCUT2D eigenvalue weighted by atomic mass is 15.3.